The van der Waals surface area contributed by atoms with Gasteiger partial charge in [-0.2, -0.15) is 0 Å². The summed E-state index contributed by atoms with van der Waals surface area (Å²) < 4.78 is 5.52. The molecule has 3 N–H and O–H groups in total. The van der Waals surface area contributed by atoms with E-state index in [9.17, 15) is 4.79 Å². The van der Waals surface area contributed by atoms with Crippen LogP contribution in [0, 0.1) is 0 Å². The Labute approximate surface area is 189 Å². The lowest BCUT2D eigenvalue weighted by molar-refractivity contribution is 0.0922. The van der Waals surface area contributed by atoms with E-state index < -0.39 is 0 Å². The van der Waals surface area contributed by atoms with Gasteiger partial charge in [-0.25, -0.2) is 0 Å². The van der Waals surface area contributed by atoms with Gasteiger partial charge in [-0.3, -0.25) is 4.79 Å². The van der Waals surface area contributed by atoms with E-state index in [2.05, 4.69) is 41.4 Å². The standard InChI is InChI=1S/C23H25N3O2.2ClH/c1-16-13-18-9-5-6-10-21(18)26(16)15-19-11-12-28-22(19)23(27)25-14-20(24)17-7-3-2-4-8-17;;/h2-12,16,20H,13-15,24H2,1H3,(H,25,27);2*1H. The molecule has 160 valence electrons. The number of nitrogens with two attached hydrogens (primary N) is 1. The molecular formula is C23H27Cl2N3O2. The molecule has 4 rings (SSSR count). The van der Waals surface area contributed by atoms with Crippen molar-refractivity contribution >= 4 is 36.4 Å². The highest BCUT2D eigenvalue weighted by Gasteiger charge is 2.27. The van der Waals surface area contributed by atoms with E-state index in [1.54, 1.807) is 6.26 Å². The fourth-order valence-corrected chi connectivity index (χ4v) is 3.81. The third kappa shape index (κ3) is 4.98. The number of nitrogens with one attached hydrogen (secondary N) is 1. The number of amides is 1. The first kappa shape index (κ1) is 23.8. The number of benzene rings is 2. The maximum absolute atomic E-state index is 12.7. The highest BCUT2D eigenvalue weighted by molar-refractivity contribution is 5.93. The Kier molecular flexibility index (Phi) is 8.35. The maximum Gasteiger partial charge on any atom is 0.287 e. The highest BCUT2D eigenvalue weighted by Crippen LogP contribution is 2.33. The number of furan rings is 1. The summed E-state index contributed by atoms with van der Waals surface area (Å²) in [5.41, 5.74) is 10.6. The molecule has 5 nitrogen and oxygen atoms in total. The number of hydrogen-bond acceptors (Lipinski definition) is 4. The smallest absolute Gasteiger partial charge is 0.287 e. The van der Waals surface area contributed by atoms with Crippen LogP contribution in [0.5, 0.6) is 0 Å². The number of carbonyl (C=O) groups excluding carboxylic acids is 1. The van der Waals surface area contributed by atoms with Gasteiger partial charge < -0.3 is 20.4 Å². The maximum atomic E-state index is 12.7. The topological polar surface area (TPSA) is 71.5 Å². The minimum absolute atomic E-state index is 0. The lowest BCUT2D eigenvalue weighted by atomic mass is 10.1. The van der Waals surface area contributed by atoms with E-state index in [1.807, 2.05) is 36.4 Å². The lowest BCUT2D eigenvalue weighted by Crippen LogP contribution is -2.33. The Hall–Kier alpha value is -2.47. The first-order valence-corrected chi connectivity index (χ1v) is 9.63. The zero-order valence-electron chi connectivity index (χ0n) is 16.8. The summed E-state index contributed by atoms with van der Waals surface area (Å²) >= 11 is 0. The number of halogens is 2. The number of hydrogen-bond donors (Lipinski definition) is 2. The number of nitrogens with zero attached hydrogens (tertiary/aromatic N) is 1. The average Bonchev–Trinajstić information content (AvgIpc) is 3.31. The Morgan fingerprint density at radius 1 is 1.13 bits per heavy atom. The van der Waals surface area contributed by atoms with Crippen molar-refractivity contribution < 1.29 is 9.21 Å². The number of carbonyl (C=O) groups is 1. The largest absolute Gasteiger partial charge is 0.459 e. The first-order chi connectivity index (χ1) is 13.6. The fourth-order valence-electron chi connectivity index (χ4n) is 3.81. The molecule has 2 atom stereocenters. The molecule has 1 aromatic heterocycles. The van der Waals surface area contributed by atoms with Gasteiger partial charge in [0.05, 0.1) is 6.26 Å². The van der Waals surface area contributed by atoms with Gasteiger partial charge in [0, 0.05) is 36.4 Å². The SMILES string of the molecule is CC1Cc2ccccc2N1Cc1ccoc1C(=O)NCC(N)c1ccccc1.Cl.Cl. The number of anilines is 1. The Morgan fingerprint density at radius 3 is 2.60 bits per heavy atom. The van der Waals surface area contributed by atoms with Gasteiger partial charge in [0.15, 0.2) is 5.76 Å². The molecule has 0 aliphatic carbocycles. The van der Waals surface area contributed by atoms with Crippen molar-refractivity contribution in [3.8, 4) is 0 Å². The highest BCUT2D eigenvalue weighted by atomic mass is 35.5. The molecule has 2 unspecified atom stereocenters. The van der Waals surface area contributed by atoms with E-state index in [1.165, 1.54) is 11.3 Å². The summed E-state index contributed by atoms with van der Waals surface area (Å²) in [6, 6.07) is 20.2. The second kappa shape index (κ2) is 10.5. The molecule has 2 heterocycles. The van der Waals surface area contributed by atoms with Gasteiger partial charge in [-0.1, -0.05) is 48.5 Å². The molecule has 1 aliphatic heterocycles. The van der Waals surface area contributed by atoms with Gasteiger partial charge in [-0.05, 0) is 36.6 Å². The van der Waals surface area contributed by atoms with Crippen LogP contribution in [0.1, 0.15) is 40.2 Å². The van der Waals surface area contributed by atoms with Crippen molar-refractivity contribution in [2.75, 3.05) is 11.4 Å². The zero-order valence-corrected chi connectivity index (χ0v) is 18.4. The van der Waals surface area contributed by atoms with Crippen molar-refractivity contribution in [2.24, 2.45) is 5.73 Å². The number of para-hydroxylation sites is 1. The second-order valence-corrected chi connectivity index (χ2v) is 7.31. The molecule has 0 spiro atoms. The Bertz CT molecular complexity index is 962. The summed E-state index contributed by atoms with van der Waals surface area (Å²) in [6.45, 7) is 3.20. The summed E-state index contributed by atoms with van der Waals surface area (Å²) in [4.78, 5) is 15.0. The van der Waals surface area contributed by atoms with Crippen LogP contribution >= 0.6 is 24.8 Å². The van der Waals surface area contributed by atoms with Crippen LogP contribution in [0.25, 0.3) is 0 Å². The quantitative estimate of drug-likeness (QED) is 0.583. The molecule has 1 aliphatic rings. The molecule has 0 saturated heterocycles. The predicted octanol–water partition coefficient (Wildman–Crippen LogP) is 4.50. The third-order valence-electron chi connectivity index (χ3n) is 5.35. The van der Waals surface area contributed by atoms with Crippen molar-refractivity contribution in [1.82, 2.24) is 5.32 Å². The fraction of sp³-hybridized carbons (Fsp3) is 0.261. The number of rotatable bonds is 6. The predicted molar refractivity (Wildman–Crippen MR) is 125 cm³/mol. The minimum Gasteiger partial charge on any atom is -0.459 e. The van der Waals surface area contributed by atoms with Crippen LogP contribution in [0.2, 0.25) is 0 Å². The minimum atomic E-state index is -0.256. The third-order valence-corrected chi connectivity index (χ3v) is 5.35. The van der Waals surface area contributed by atoms with Crippen LogP contribution in [0.4, 0.5) is 5.69 Å². The molecule has 30 heavy (non-hydrogen) atoms. The van der Waals surface area contributed by atoms with E-state index in [-0.39, 0.29) is 36.8 Å². The summed E-state index contributed by atoms with van der Waals surface area (Å²) in [5, 5.41) is 2.90. The molecule has 7 heteroatoms. The van der Waals surface area contributed by atoms with E-state index in [4.69, 9.17) is 10.2 Å². The van der Waals surface area contributed by atoms with Gasteiger partial charge in [0.25, 0.3) is 5.91 Å². The molecule has 0 radical (unpaired) electrons. The molecular weight excluding hydrogens is 421 g/mol. The van der Waals surface area contributed by atoms with Gasteiger partial charge in [-0.15, -0.1) is 24.8 Å². The van der Waals surface area contributed by atoms with Gasteiger partial charge in [0.1, 0.15) is 0 Å². The molecule has 2 aromatic carbocycles. The van der Waals surface area contributed by atoms with E-state index in [0.717, 1.165) is 17.5 Å². The molecule has 0 bridgehead atoms. The average molecular weight is 448 g/mol. The van der Waals surface area contributed by atoms with Gasteiger partial charge >= 0.3 is 0 Å². The summed E-state index contributed by atoms with van der Waals surface area (Å²) in [6.07, 6.45) is 2.59. The van der Waals surface area contributed by atoms with Crippen molar-refractivity contribution in [3.05, 3.63) is 89.4 Å². The molecule has 1 amide bonds. The van der Waals surface area contributed by atoms with Crippen molar-refractivity contribution in [2.45, 2.75) is 32.0 Å². The molecule has 3 aromatic rings. The van der Waals surface area contributed by atoms with Crippen molar-refractivity contribution in [1.29, 1.82) is 0 Å². The summed E-state index contributed by atoms with van der Waals surface area (Å²) in [7, 11) is 0. The number of fused-ring (bicyclic) bond motifs is 1. The van der Waals surface area contributed by atoms with Crippen molar-refractivity contribution in [3.63, 3.8) is 0 Å². The second-order valence-electron chi connectivity index (χ2n) is 7.31. The monoisotopic (exact) mass is 447 g/mol. The first-order valence-electron chi connectivity index (χ1n) is 9.63. The lowest BCUT2D eigenvalue weighted by Gasteiger charge is -2.24. The van der Waals surface area contributed by atoms with Crippen LogP contribution < -0.4 is 16.0 Å². The normalized spacial score (nSPS) is 15.5. The van der Waals surface area contributed by atoms with Crippen LogP contribution in [-0.4, -0.2) is 18.5 Å². The molecule has 0 fully saturated rings. The van der Waals surface area contributed by atoms with Crippen LogP contribution in [0.3, 0.4) is 0 Å². The molecule has 0 saturated carbocycles. The Balaban J connectivity index is 0.00000160. The van der Waals surface area contributed by atoms with Crippen LogP contribution in [0.15, 0.2) is 71.3 Å². The van der Waals surface area contributed by atoms with E-state index in [0.29, 0.717) is 24.9 Å². The van der Waals surface area contributed by atoms with Crippen LogP contribution in [-0.2, 0) is 13.0 Å². The zero-order chi connectivity index (χ0) is 19.5. The van der Waals surface area contributed by atoms with E-state index >= 15 is 0 Å². The van der Waals surface area contributed by atoms with Gasteiger partial charge in [0.2, 0.25) is 0 Å². The summed E-state index contributed by atoms with van der Waals surface area (Å²) in [5.74, 6) is 0.128. The Morgan fingerprint density at radius 2 is 1.83 bits per heavy atom.